The first-order chi connectivity index (χ1) is 10.9. The molecular formula is C14H12Cl2N4O2S. The summed E-state index contributed by atoms with van der Waals surface area (Å²) in [7, 11) is -3.94. The molecule has 23 heavy (non-hydrogen) atoms. The lowest BCUT2D eigenvalue weighted by Crippen LogP contribution is -2.39. The van der Waals surface area contributed by atoms with Crippen LogP contribution in [0.5, 0.6) is 0 Å². The average Bonchev–Trinajstić information content (AvgIpc) is 2.47. The standard InChI is InChI=1S/C14H12Cl2N4O2S/c1-2-20(12-5-3-4-6-17-12)14-18-11-8-9(15)7-10(16)13(11)23(21,22)19-14/h3-8H,2H2,1H3,(H,18,19). The normalized spacial score (nSPS) is 15.3. The first-order valence-electron chi connectivity index (χ1n) is 6.72. The molecule has 2 heterocycles. The van der Waals surface area contributed by atoms with Crippen LogP contribution in [-0.2, 0) is 10.0 Å². The average molecular weight is 371 g/mol. The van der Waals surface area contributed by atoms with Gasteiger partial charge in [-0.3, -0.25) is 4.90 Å². The number of sulfonamides is 1. The van der Waals surface area contributed by atoms with Gasteiger partial charge in [-0.1, -0.05) is 29.3 Å². The van der Waals surface area contributed by atoms with Gasteiger partial charge >= 0.3 is 0 Å². The molecule has 120 valence electrons. The first kappa shape index (κ1) is 16.0. The molecule has 0 radical (unpaired) electrons. The summed E-state index contributed by atoms with van der Waals surface area (Å²) < 4.78 is 28.8. The van der Waals surface area contributed by atoms with Crippen molar-refractivity contribution in [3.63, 3.8) is 0 Å². The molecule has 9 heteroatoms. The van der Waals surface area contributed by atoms with Gasteiger partial charge in [0.05, 0.1) is 10.7 Å². The number of pyridine rings is 1. The van der Waals surface area contributed by atoms with Crippen molar-refractivity contribution >= 4 is 50.7 Å². The predicted octanol–water partition coefficient (Wildman–Crippen LogP) is 3.39. The second-order valence-electron chi connectivity index (χ2n) is 4.71. The maximum Gasteiger partial charge on any atom is 0.289 e. The molecule has 1 aliphatic heterocycles. The van der Waals surface area contributed by atoms with Crippen LogP contribution >= 0.6 is 23.2 Å². The zero-order valence-corrected chi connectivity index (χ0v) is 14.3. The van der Waals surface area contributed by atoms with Gasteiger partial charge in [0.1, 0.15) is 10.7 Å². The Bertz CT molecular complexity index is 885. The van der Waals surface area contributed by atoms with E-state index in [1.54, 1.807) is 23.2 Å². The topological polar surface area (TPSA) is 74.7 Å². The summed E-state index contributed by atoms with van der Waals surface area (Å²) in [5.74, 6) is 0.727. The summed E-state index contributed by atoms with van der Waals surface area (Å²) in [5.41, 5.74) is 0.293. The Morgan fingerprint density at radius 2 is 2.04 bits per heavy atom. The van der Waals surface area contributed by atoms with Crippen molar-refractivity contribution in [2.45, 2.75) is 11.8 Å². The highest BCUT2D eigenvalue weighted by atomic mass is 35.5. The largest absolute Gasteiger partial charge is 0.324 e. The molecule has 6 nitrogen and oxygen atoms in total. The van der Waals surface area contributed by atoms with Gasteiger partial charge in [0, 0.05) is 17.8 Å². The van der Waals surface area contributed by atoms with E-state index in [9.17, 15) is 8.42 Å². The van der Waals surface area contributed by atoms with E-state index < -0.39 is 10.0 Å². The smallest absolute Gasteiger partial charge is 0.289 e. The molecule has 1 aliphatic rings. The summed E-state index contributed by atoms with van der Waals surface area (Å²) in [5, 5.41) is 3.33. The number of hydrogen-bond acceptors (Lipinski definition) is 5. The van der Waals surface area contributed by atoms with E-state index in [1.807, 2.05) is 13.0 Å². The number of nitrogens with zero attached hydrogens (tertiary/aromatic N) is 3. The molecule has 0 fully saturated rings. The molecule has 2 aromatic rings. The number of guanidine groups is 1. The molecular weight excluding hydrogens is 359 g/mol. The Labute approximate surface area is 143 Å². The zero-order chi connectivity index (χ0) is 16.6. The number of rotatable bonds is 2. The van der Waals surface area contributed by atoms with Crippen LogP contribution in [-0.4, -0.2) is 25.9 Å². The maximum absolute atomic E-state index is 12.5. The first-order valence-corrected chi connectivity index (χ1v) is 8.91. The minimum Gasteiger partial charge on any atom is -0.324 e. The van der Waals surface area contributed by atoms with Gasteiger partial charge in [0.15, 0.2) is 0 Å². The third-order valence-electron chi connectivity index (χ3n) is 3.22. The van der Waals surface area contributed by atoms with Gasteiger partial charge in [0.25, 0.3) is 10.0 Å². The summed E-state index contributed by atoms with van der Waals surface area (Å²) in [4.78, 5) is 5.79. The molecule has 0 unspecified atom stereocenters. The molecule has 0 atom stereocenters. The van der Waals surface area contributed by atoms with Gasteiger partial charge in [-0.15, -0.1) is 4.40 Å². The maximum atomic E-state index is 12.5. The van der Waals surface area contributed by atoms with Crippen molar-refractivity contribution in [3.8, 4) is 0 Å². The van der Waals surface area contributed by atoms with E-state index in [0.717, 1.165) is 0 Å². The number of benzene rings is 1. The molecule has 0 bridgehead atoms. The van der Waals surface area contributed by atoms with Crippen LogP contribution in [0.25, 0.3) is 0 Å². The molecule has 0 amide bonds. The van der Waals surface area contributed by atoms with E-state index in [2.05, 4.69) is 14.7 Å². The molecule has 0 spiro atoms. The van der Waals surface area contributed by atoms with Gasteiger partial charge < -0.3 is 5.32 Å². The minimum atomic E-state index is -3.94. The Morgan fingerprint density at radius 3 is 2.70 bits per heavy atom. The molecule has 0 saturated heterocycles. The lowest BCUT2D eigenvalue weighted by molar-refractivity contribution is 0.597. The fraction of sp³-hybridized carbons (Fsp3) is 0.143. The van der Waals surface area contributed by atoms with E-state index in [4.69, 9.17) is 23.2 Å². The van der Waals surface area contributed by atoms with Crippen LogP contribution in [0.15, 0.2) is 45.8 Å². The summed E-state index contributed by atoms with van der Waals surface area (Å²) in [6.45, 7) is 2.34. The van der Waals surface area contributed by atoms with Gasteiger partial charge in [-0.25, -0.2) is 4.98 Å². The summed E-state index contributed by atoms with van der Waals surface area (Å²) in [6, 6.07) is 8.23. The van der Waals surface area contributed by atoms with E-state index >= 15 is 0 Å². The van der Waals surface area contributed by atoms with E-state index in [-0.39, 0.29) is 15.9 Å². The van der Waals surface area contributed by atoms with Gasteiger partial charge in [0.2, 0.25) is 5.96 Å². The third kappa shape index (κ3) is 2.99. The number of fused-ring (bicyclic) bond motifs is 1. The number of halogens is 2. The second kappa shape index (κ2) is 5.99. The number of nitrogens with one attached hydrogen (secondary N) is 1. The fourth-order valence-electron chi connectivity index (χ4n) is 2.27. The molecule has 0 aliphatic carbocycles. The Kier molecular flexibility index (Phi) is 4.18. The lowest BCUT2D eigenvalue weighted by atomic mass is 10.3. The van der Waals surface area contributed by atoms with Crippen LogP contribution in [0, 0.1) is 0 Å². The zero-order valence-electron chi connectivity index (χ0n) is 12.0. The Morgan fingerprint density at radius 1 is 1.26 bits per heavy atom. The predicted molar refractivity (Wildman–Crippen MR) is 92.0 cm³/mol. The number of aromatic nitrogens is 1. The highest BCUT2D eigenvalue weighted by Crippen LogP contribution is 2.37. The van der Waals surface area contributed by atoms with Gasteiger partial charge in [-0.05, 0) is 31.2 Å². The monoisotopic (exact) mass is 370 g/mol. The quantitative estimate of drug-likeness (QED) is 0.876. The van der Waals surface area contributed by atoms with Crippen molar-refractivity contribution in [1.29, 1.82) is 0 Å². The molecule has 1 N–H and O–H groups in total. The Balaban J connectivity index is 2.12. The number of hydrogen-bond donors (Lipinski definition) is 1. The van der Waals surface area contributed by atoms with Crippen LogP contribution < -0.4 is 10.2 Å². The molecule has 1 aromatic carbocycles. The Hall–Kier alpha value is -1.83. The van der Waals surface area contributed by atoms with Crippen molar-refractivity contribution in [2.24, 2.45) is 4.40 Å². The van der Waals surface area contributed by atoms with Crippen LogP contribution in [0.3, 0.4) is 0 Å². The molecule has 3 rings (SSSR count). The number of anilines is 2. The highest BCUT2D eigenvalue weighted by molar-refractivity contribution is 7.90. The molecule has 1 aromatic heterocycles. The lowest BCUT2D eigenvalue weighted by Gasteiger charge is -2.27. The third-order valence-corrected chi connectivity index (χ3v) is 5.21. The van der Waals surface area contributed by atoms with Crippen molar-refractivity contribution in [3.05, 3.63) is 46.6 Å². The van der Waals surface area contributed by atoms with Crippen LogP contribution in [0.4, 0.5) is 11.5 Å². The van der Waals surface area contributed by atoms with E-state index in [1.165, 1.54) is 12.1 Å². The van der Waals surface area contributed by atoms with Crippen molar-refractivity contribution < 1.29 is 8.42 Å². The second-order valence-corrected chi connectivity index (χ2v) is 7.10. The van der Waals surface area contributed by atoms with Gasteiger partial charge in [-0.2, -0.15) is 8.42 Å². The van der Waals surface area contributed by atoms with Crippen LogP contribution in [0.1, 0.15) is 6.92 Å². The highest BCUT2D eigenvalue weighted by Gasteiger charge is 2.30. The van der Waals surface area contributed by atoms with E-state index in [0.29, 0.717) is 23.1 Å². The fourth-order valence-corrected chi connectivity index (χ4v) is 4.21. The summed E-state index contributed by atoms with van der Waals surface area (Å²) >= 11 is 12.0. The van der Waals surface area contributed by atoms with Crippen molar-refractivity contribution in [2.75, 3.05) is 16.8 Å². The molecule has 0 saturated carbocycles. The minimum absolute atomic E-state index is 0.0312. The SMILES string of the molecule is CCN(C1=NS(=O)(=O)c2c(Cl)cc(Cl)cc2N1)c1ccccn1. The summed E-state index contributed by atoms with van der Waals surface area (Å²) in [6.07, 6.45) is 1.62. The van der Waals surface area contributed by atoms with Crippen LogP contribution in [0.2, 0.25) is 10.0 Å². The van der Waals surface area contributed by atoms with Crippen molar-refractivity contribution in [1.82, 2.24) is 4.98 Å².